The highest BCUT2D eigenvalue weighted by atomic mass is 19.4. The zero-order valence-corrected chi connectivity index (χ0v) is 15.2. The van der Waals surface area contributed by atoms with Crippen molar-refractivity contribution in [2.24, 2.45) is 13.0 Å². The molecule has 0 spiro atoms. The van der Waals surface area contributed by atoms with Gasteiger partial charge in [-0.2, -0.15) is 18.3 Å². The maximum atomic E-state index is 12.8. The van der Waals surface area contributed by atoms with Gasteiger partial charge >= 0.3 is 6.18 Å². The Hall–Kier alpha value is -2.03. The van der Waals surface area contributed by atoms with Crippen molar-refractivity contribution >= 4 is 0 Å². The first kappa shape index (κ1) is 18.8. The normalized spacial score (nSPS) is 17.4. The number of halogens is 3. The molecule has 2 aromatic rings. The number of alkyl halides is 3. The van der Waals surface area contributed by atoms with Gasteiger partial charge in [0.1, 0.15) is 5.82 Å². The summed E-state index contributed by atoms with van der Waals surface area (Å²) in [6.07, 6.45) is -1.05. The van der Waals surface area contributed by atoms with E-state index in [9.17, 15) is 13.2 Å². The van der Waals surface area contributed by atoms with Gasteiger partial charge in [0.05, 0.1) is 18.4 Å². The molecule has 1 aliphatic rings. The third-order valence-electron chi connectivity index (χ3n) is 4.81. The van der Waals surface area contributed by atoms with Crippen molar-refractivity contribution in [3.05, 3.63) is 29.0 Å². The lowest BCUT2D eigenvalue weighted by molar-refractivity contribution is -0.141. The summed E-state index contributed by atoms with van der Waals surface area (Å²) in [5.41, 5.74) is 1.23. The molecule has 0 fully saturated rings. The van der Waals surface area contributed by atoms with E-state index in [0.717, 1.165) is 42.7 Å². The van der Waals surface area contributed by atoms with Gasteiger partial charge in [-0.25, -0.2) is 9.67 Å². The number of ether oxygens (including phenoxy) is 1. The molecule has 9 heteroatoms. The quantitative estimate of drug-likeness (QED) is 0.848. The molecule has 26 heavy (non-hydrogen) atoms. The molecule has 0 aromatic carbocycles. The predicted octanol–water partition coefficient (Wildman–Crippen LogP) is 2.56. The standard InChI is InChI=1S/C17H24F3N5O/c1-4-13-12(16(26-3)24(2)23-13)8-21-7-11-5-6-15-22-14(17(18,19)20)10-25(15)9-11/h10-11,21H,4-9H2,1-3H3/t11-/m1/s1. The van der Waals surface area contributed by atoms with Crippen LogP contribution < -0.4 is 10.1 Å². The molecule has 1 aliphatic heterocycles. The van der Waals surface area contributed by atoms with Gasteiger partial charge in [0.15, 0.2) is 5.69 Å². The highest BCUT2D eigenvalue weighted by molar-refractivity contribution is 5.31. The molecule has 0 amide bonds. The lowest BCUT2D eigenvalue weighted by Gasteiger charge is -2.24. The molecule has 0 radical (unpaired) electrons. The number of fused-ring (bicyclic) bond motifs is 1. The highest BCUT2D eigenvalue weighted by Crippen LogP contribution is 2.30. The summed E-state index contributed by atoms with van der Waals surface area (Å²) < 4.78 is 47.2. The Morgan fingerprint density at radius 3 is 2.81 bits per heavy atom. The molecule has 0 aliphatic carbocycles. The van der Waals surface area contributed by atoms with Gasteiger partial charge in [-0.15, -0.1) is 0 Å². The first-order chi connectivity index (χ1) is 12.3. The van der Waals surface area contributed by atoms with Gasteiger partial charge < -0.3 is 14.6 Å². The number of nitrogens with zero attached hydrogens (tertiary/aromatic N) is 4. The minimum atomic E-state index is -4.38. The average Bonchev–Trinajstić information content (AvgIpc) is 3.15. The Bertz CT molecular complexity index is 765. The first-order valence-corrected chi connectivity index (χ1v) is 8.76. The van der Waals surface area contributed by atoms with Crippen molar-refractivity contribution < 1.29 is 17.9 Å². The van der Waals surface area contributed by atoms with Gasteiger partial charge in [-0.1, -0.05) is 6.92 Å². The van der Waals surface area contributed by atoms with Crippen LogP contribution in [-0.2, 0) is 39.2 Å². The highest BCUT2D eigenvalue weighted by Gasteiger charge is 2.35. The van der Waals surface area contributed by atoms with Crippen LogP contribution in [0.5, 0.6) is 5.88 Å². The van der Waals surface area contributed by atoms with E-state index < -0.39 is 11.9 Å². The van der Waals surface area contributed by atoms with Gasteiger partial charge in [0.2, 0.25) is 5.88 Å². The monoisotopic (exact) mass is 371 g/mol. The topological polar surface area (TPSA) is 56.9 Å². The van der Waals surface area contributed by atoms with Crippen LogP contribution in [0.2, 0.25) is 0 Å². The van der Waals surface area contributed by atoms with Crippen molar-refractivity contribution in [2.45, 2.75) is 45.5 Å². The number of hydrogen-bond acceptors (Lipinski definition) is 4. The number of aromatic nitrogens is 4. The van der Waals surface area contributed by atoms with Crippen LogP contribution >= 0.6 is 0 Å². The molecule has 2 aromatic heterocycles. The molecule has 3 rings (SSSR count). The zero-order valence-electron chi connectivity index (χ0n) is 15.2. The fourth-order valence-electron chi connectivity index (χ4n) is 3.54. The summed E-state index contributed by atoms with van der Waals surface area (Å²) in [4.78, 5) is 3.72. The Morgan fingerprint density at radius 2 is 2.15 bits per heavy atom. The molecule has 6 nitrogen and oxygen atoms in total. The summed E-state index contributed by atoms with van der Waals surface area (Å²) in [5, 5.41) is 7.87. The number of nitrogens with one attached hydrogen (secondary N) is 1. The summed E-state index contributed by atoms with van der Waals surface area (Å²) in [5.74, 6) is 1.53. The van der Waals surface area contributed by atoms with E-state index in [1.807, 2.05) is 14.0 Å². The minimum absolute atomic E-state index is 0.269. The average molecular weight is 371 g/mol. The van der Waals surface area contributed by atoms with Crippen LogP contribution in [0.1, 0.15) is 36.1 Å². The van der Waals surface area contributed by atoms with Crippen LogP contribution in [0.25, 0.3) is 0 Å². The van der Waals surface area contributed by atoms with Gasteiger partial charge in [0.25, 0.3) is 0 Å². The van der Waals surface area contributed by atoms with Gasteiger partial charge in [-0.3, -0.25) is 0 Å². The second-order valence-electron chi connectivity index (χ2n) is 6.64. The van der Waals surface area contributed by atoms with E-state index in [4.69, 9.17) is 4.74 Å². The molecule has 0 saturated heterocycles. The van der Waals surface area contributed by atoms with Crippen molar-refractivity contribution in [3.63, 3.8) is 0 Å². The smallest absolute Gasteiger partial charge is 0.434 e. The molecule has 0 bridgehead atoms. The molecule has 1 atom stereocenters. The minimum Gasteiger partial charge on any atom is -0.481 e. The number of hydrogen-bond donors (Lipinski definition) is 1. The Labute approximate surface area is 150 Å². The number of aryl methyl sites for hydroxylation is 3. The van der Waals surface area contributed by atoms with Crippen molar-refractivity contribution in [3.8, 4) is 5.88 Å². The van der Waals surface area contributed by atoms with Crippen molar-refractivity contribution in [1.82, 2.24) is 24.6 Å². The predicted molar refractivity (Wildman–Crippen MR) is 89.9 cm³/mol. The largest absolute Gasteiger partial charge is 0.481 e. The maximum Gasteiger partial charge on any atom is 0.434 e. The van der Waals surface area contributed by atoms with Gasteiger partial charge in [0, 0.05) is 32.8 Å². The van der Waals surface area contributed by atoms with E-state index >= 15 is 0 Å². The molecule has 1 N–H and O–H groups in total. The van der Waals surface area contributed by atoms with Crippen LogP contribution in [-0.4, -0.2) is 33.0 Å². The van der Waals surface area contributed by atoms with E-state index in [2.05, 4.69) is 15.4 Å². The third kappa shape index (κ3) is 3.72. The van der Waals surface area contributed by atoms with Crippen LogP contribution in [0.4, 0.5) is 13.2 Å². The Kier molecular flexibility index (Phi) is 5.27. The lowest BCUT2D eigenvalue weighted by Crippen LogP contribution is -2.30. The third-order valence-corrected chi connectivity index (χ3v) is 4.81. The SMILES string of the molecule is CCc1nn(C)c(OC)c1CNC[C@H]1CCc2nc(C(F)(F)F)cn2C1. The number of methoxy groups -OCH3 is 1. The van der Waals surface area contributed by atoms with E-state index in [1.165, 1.54) is 0 Å². The summed E-state index contributed by atoms with van der Waals surface area (Å²) in [6, 6.07) is 0. The maximum absolute atomic E-state index is 12.8. The molecule has 0 saturated carbocycles. The second kappa shape index (κ2) is 7.30. The van der Waals surface area contributed by atoms with E-state index in [-0.39, 0.29) is 5.92 Å². The molecule has 3 heterocycles. The van der Waals surface area contributed by atoms with Crippen LogP contribution in [0, 0.1) is 5.92 Å². The fourth-order valence-corrected chi connectivity index (χ4v) is 3.54. The van der Waals surface area contributed by atoms with E-state index in [0.29, 0.717) is 25.3 Å². The fraction of sp³-hybridized carbons (Fsp3) is 0.647. The van der Waals surface area contributed by atoms with Gasteiger partial charge in [-0.05, 0) is 25.3 Å². The van der Waals surface area contributed by atoms with Crippen molar-refractivity contribution in [1.29, 1.82) is 0 Å². The Morgan fingerprint density at radius 1 is 1.38 bits per heavy atom. The molecular formula is C17H24F3N5O. The van der Waals surface area contributed by atoms with Crippen molar-refractivity contribution in [2.75, 3.05) is 13.7 Å². The number of imidazole rings is 1. The van der Waals surface area contributed by atoms with Crippen LogP contribution in [0.3, 0.4) is 0 Å². The molecular weight excluding hydrogens is 347 g/mol. The zero-order chi connectivity index (χ0) is 18.9. The van der Waals surface area contributed by atoms with Crippen LogP contribution in [0.15, 0.2) is 6.20 Å². The molecule has 144 valence electrons. The number of rotatable bonds is 6. The second-order valence-corrected chi connectivity index (χ2v) is 6.64. The summed E-state index contributed by atoms with van der Waals surface area (Å²) >= 11 is 0. The summed E-state index contributed by atoms with van der Waals surface area (Å²) in [7, 11) is 3.47. The lowest BCUT2D eigenvalue weighted by atomic mass is 9.99. The summed E-state index contributed by atoms with van der Waals surface area (Å²) in [6.45, 7) is 3.95. The Balaban J connectivity index is 1.60. The van der Waals surface area contributed by atoms with E-state index in [1.54, 1.807) is 16.4 Å². The first-order valence-electron chi connectivity index (χ1n) is 8.76. The molecule has 0 unspecified atom stereocenters.